The Kier molecular flexibility index (Phi) is 3.69. The van der Waals surface area contributed by atoms with E-state index in [1.807, 2.05) is 0 Å². The molecule has 2 unspecified atom stereocenters. The molecule has 23 heavy (non-hydrogen) atoms. The summed E-state index contributed by atoms with van der Waals surface area (Å²) in [7, 11) is 0. The Balaban J connectivity index is 1.68. The standard InChI is InChI=1S/C20H34O3/c1-11-10-12-13-4-5-16(22)19(13,2)8-6-14(12)20(3)9-7-15(21)18(23)17(11)20/h11-18,21-23H,4-10H2,1-3H3/t11?,12-,13-,14-,15-,16-,17-,18?,19-,20+/m0/s1. The van der Waals surface area contributed by atoms with E-state index in [1.165, 1.54) is 19.3 Å². The molecule has 0 radical (unpaired) electrons. The third-order valence-corrected chi connectivity index (χ3v) is 8.99. The molecule has 0 aromatic heterocycles. The maximum atomic E-state index is 10.7. The summed E-state index contributed by atoms with van der Waals surface area (Å²) in [6, 6.07) is 0. The average Bonchev–Trinajstić information content (AvgIpc) is 2.79. The molecule has 0 amide bonds. The minimum absolute atomic E-state index is 0.118. The molecule has 4 aliphatic rings. The Hall–Kier alpha value is -0.120. The smallest absolute Gasteiger partial charge is 0.0835 e. The molecule has 0 aliphatic heterocycles. The fourth-order valence-electron chi connectivity index (χ4n) is 7.83. The number of aliphatic hydroxyl groups excluding tert-OH is 3. The monoisotopic (exact) mass is 322 g/mol. The SMILES string of the molecule is CC1C[C@@H]2[C@H](CC[C@]3(C)[C@@H](O)CC[C@@H]23)[C@@]2(C)CC[C@H](O)C(O)[C@H]12. The maximum Gasteiger partial charge on any atom is 0.0835 e. The van der Waals surface area contributed by atoms with Crippen LogP contribution in [0.1, 0.15) is 65.7 Å². The highest BCUT2D eigenvalue weighted by Crippen LogP contribution is 2.67. The molecule has 0 bridgehead atoms. The molecule has 0 saturated heterocycles. The second-order valence-corrected chi connectivity index (χ2v) is 9.86. The van der Waals surface area contributed by atoms with Crippen LogP contribution < -0.4 is 0 Å². The van der Waals surface area contributed by atoms with E-state index in [0.29, 0.717) is 23.7 Å². The molecule has 4 saturated carbocycles. The van der Waals surface area contributed by atoms with Gasteiger partial charge in [0, 0.05) is 0 Å². The molecule has 0 heterocycles. The highest BCUT2D eigenvalue weighted by atomic mass is 16.3. The van der Waals surface area contributed by atoms with Crippen molar-refractivity contribution < 1.29 is 15.3 Å². The first-order valence-electron chi connectivity index (χ1n) is 9.83. The van der Waals surface area contributed by atoms with Crippen molar-refractivity contribution in [2.45, 2.75) is 84.0 Å². The Morgan fingerprint density at radius 1 is 0.826 bits per heavy atom. The lowest BCUT2D eigenvalue weighted by molar-refractivity contribution is -0.194. The molecule has 3 heteroatoms. The number of hydrogen-bond acceptors (Lipinski definition) is 3. The fraction of sp³-hybridized carbons (Fsp3) is 1.00. The van der Waals surface area contributed by atoms with Gasteiger partial charge in [-0.05, 0) is 85.4 Å². The van der Waals surface area contributed by atoms with Crippen molar-refractivity contribution in [3.05, 3.63) is 0 Å². The molecule has 0 aromatic rings. The number of rotatable bonds is 0. The Labute approximate surface area is 140 Å². The minimum Gasteiger partial charge on any atom is -0.393 e. The lowest BCUT2D eigenvalue weighted by Crippen LogP contribution is -2.60. The largest absolute Gasteiger partial charge is 0.393 e. The van der Waals surface area contributed by atoms with Gasteiger partial charge < -0.3 is 15.3 Å². The third kappa shape index (κ3) is 2.05. The first-order chi connectivity index (χ1) is 10.8. The van der Waals surface area contributed by atoms with E-state index in [9.17, 15) is 15.3 Å². The zero-order valence-corrected chi connectivity index (χ0v) is 14.9. The van der Waals surface area contributed by atoms with E-state index in [0.717, 1.165) is 25.7 Å². The van der Waals surface area contributed by atoms with E-state index in [1.54, 1.807) is 0 Å². The van der Waals surface area contributed by atoms with Gasteiger partial charge in [0.25, 0.3) is 0 Å². The molecular formula is C20H34O3. The van der Waals surface area contributed by atoms with Crippen LogP contribution in [0.2, 0.25) is 0 Å². The highest BCUT2D eigenvalue weighted by Gasteiger charge is 2.62. The van der Waals surface area contributed by atoms with Crippen LogP contribution in [0, 0.1) is 40.4 Å². The second-order valence-electron chi connectivity index (χ2n) is 9.86. The summed E-state index contributed by atoms with van der Waals surface area (Å²) in [6.45, 7) is 7.01. The summed E-state index contributed by atoms with van der Waals surface area (Å²) >= 11 is 0. The van der Waals surface area contributed by atoms with Gasteiger partial charge in [0.2, 0.25) is 0 Å². The molecule has 4 rings (SSSR count). The van der Waals surface area contributed by atoms with Crippen molar-refractivity contribution in [2.75, 3.05) is 0 Å². The summed E-state index contributed by atoms with van der Waals surface area (Å²) in [5.41, 5.74) is 0.284. The first kappa shape index (κ1) is 16.4. The van der Waals surface area contributed by atoms with Gasteiger partial charge in [-0.2, -0.15) is 0 Å². The van der Waals surface area contributed by atoms with Gasteiger partial charge in [-0.25, -0.2) is 0 Å². The van der Waals surface area contributed by atoms with E-state index in [2.05, 4.69) is 20.8 Å². The van der Waals surface area contributed by atoms with Gasteiger partial charge in [-0.1, -0.05) is 20.8 Å². The number of fused-ring (bicyclic) bond motifs is 5. The summed E-state index contributed by atoms with van der Waals surface area (Å²) < 4.78 is 0. The fourth-order valence-corrected chi connectivity index (χ4v) is 7.83. The highest BCUT2D eigenvalue weighted by molar-refractivity contribution is 5.12. The normalized spacial score (nSPS) is 62.3. The lowest BCUT2D eigenvalue weighted by Gasteiger charge is -2.63. The average molecular weight is 322 g/mol. The van der Waals surface area contributed by atoms with Crippen molar-refractivity contribution in [1.29, 1.82) is 0 Å². The van der Waals surface area contributed by atoms with E-state index in [-0.39, 0.29) is 22.9 Å². The summed E-state index contributed by atoms with van der Waals surface area (Å²) in [4.78, 5) is 0. The molecule has 4 aliphatic carbocycles. The molecule has 3 N–H and O–H groups in total. The van der Waals surface area contributed by atoms with E-state index >= 15 is 0 Å². The molecule has 132 valence electrons. The van der Waals surface area contributed by atoms with Crippen LogP contribution in [0.5, 0.6) is 0 Å². The van der Waals surface area contributed by atoms with E-state index in [4.69, 9.17) is 0 Å². The van der Waals surface area contributed by atoms with Crippen LogP contribution in [0.15, 0.2) is 0 Å². The van der Waals surface area contributed by atoms with Crippen LogP contribution in [0.3, 0.4) is 0 Å². The summed E-state index contributed by atoms with van der Waals surface area (Å²) in [6.07, 6.45) is 6.24. The van der Waals surface area contributed by atoms with Gasteiger partial charge in [-0.3, -0.25) is 0 Å². The van der Waals surface area contributed by atoms with Gasteiger partial charge in [0.05, 0.1) is 18.3 Å². The van der Waals surface area contributed by atoms with Gasteiger partial charge >= 0.3 is 0 Å². The first-order valence-corrected chi connectivity index (χ1v) is 9.83. The van der Waals surface area contributed by atoms with Crippen molar-refractivity contribution in [1.82, 2.24) is 0 Å². The van der Waals surface area contributed by atoms with Crippen molar-refractivity contribution >= 4 is 0 Å². The Morgan fingerprint density at radius 2 is 1.48 bits per heavy atom. The van der Waals surface area contributed by atoms with Gasteiger partial charge in [-0.15, -0.1) is 0 Å². The molecule has 10 atom stereocenters. The summed E-state index contributed by atoms with van der Waals surface area (Å²) in [5.74, 6) is 2.72. The number of hydrogen-bond donors (Lipinski definition) is 3. The topological polar surface area (TPSA) is 60.7 Å². The predicted molar refractivity (Wildman–Crippen MR) is 89.7 cm³/mol. The lowest BCUT2D eigenvalue weighted by atomic mass is 9.42. The maximum absolute atomic E-state index is 10.7. The zero-order valence-electron chi connectivity index (χ0n) is 14.9. The predicted octanol–water partition coefficient (Wildman–Crippen LogP) is 2.97. The molecule has 0 aromatic carbocycles. The van der Waals surface area contributed by atoms with Crippen LogP contribution in [0.25, 0.3) is 0 Å². The zero-order chi connectivity index (χ0) is 16.6. The molecule has 3 nitrogen and oxygen atoms in total. The van der Waals surface area contributed by atoms with Crippen molar-refractivity contribution in [3.8, 4) is 0 Å². The van der Waals surface area contributed by atoms with Gasteiger partial charge in [0.1, 0.15) is 0 Å². The van der Waals surface area contributed by atoms with Crippen LogP contribution >= 0.6 is 0 Å². The number of aliphatic hydroxyl groups is 3. The van der Waals surface area contributed by atoms with Gasteiger partial charge in [0.15, 0.2) is 0 Å². The van der Waals surface area contributed by atoms with Crippen molar-refractivity contribution in [2.24, 2.45) is 40.4 Å². The Bertz CT molecular complexity index is 480. The second kappa shape index (κ2) is 5.19. The third-order valence-electron chi connectivity index (χ3n) is 8.99. The Morgan fingerprint density at radius 3 is 2.22 bits per heavy atom. The molecule has 4 fully saturated rings. The molecular weight excluding hydrogens is 288 g/mol. The van der Waals surface area contributed by atoms with E-state index < -0.39 is 12.2 Å². The van der Waals surface area contributed by atoms with Crippen LogP contribution in [0.4, 0.5) is 0 Å². The minimum atomic E-state index is -0.549. The molecule has 0 spiro atoms. The van der Waals surface area contributed by atoms with Crippen LogP contribution in [-0.4, -0.2) is 33.6 Å². The quantitative estimate of drug-likeness (QED) is 0.642. The summed E-state index contributed by atoms with van der Waals surface area (Å²) in [5, 5.41) is 31.4. The van der Waals surface area contributed by atoms with Crippen molar-refractivity contribution in [3.63, 3.8) is 0 Å². The van der Waals surface area contributed by atoms with Crippen LogP contribution in [-0.2, 0) is 0 Å².